The van der Waals surface area contributed by atoms with Gasteiger partial charge in [0, 0.05) is 18.5 Å². The summed E-state index contributed by atoms with van der Waals surface area (Å²) in [6, 6.07) is 4.89. The summed E-state index contributed by atoms with van der Waals surface area (Å²) in [5.74, 6) is 0.0864. The van der Waals surface area contributed by atoms with E-state index in [0.717, 1.165) is 25.7 Å². The van der Waals surface area contributed by atoms with Crippen molar-refractivity contribution in [1.82, 2.24) is 5.32 Å². The Hall–Kier alpha value is -1.89. The normalized spacial score (nSPS) is 16.3. The van der Waals surface area contributed by atoms with E-state index in [4.69, 9.17) is 10.5 Å². The van der Waals surface area contributed by atoms with Crippen LogP contribution in [0.25, 0.3) is 0 Å². The van der Waals surface area contributed by atoms with Crippen LogP contribution < -0.4 is 20.5 Å². The molecule has 0 spiro atoms. The molecule has 3 N–H and O–H groups in total. The van der Waals surface area contributed by atoms with Crippen molar-refractivity contribution in [3.63, 3.8) is 0 Å². The Morgan fingerprint density at radius 1 is 1.31 bits per heavy atom. The minimum Gasteiger partial charge on any atom is -0.490 e. The molecule has 1 aromatic rings. The van der Waals surface area contributed by atoms with E-state index < -0.39 is 6.61 Å². The average molecular weight is 370 g/mol. The summed E-state index contributed by atoms with van der Waals surface area (Å²) in [4.78, 5) is 12.4. The highest BCUT2D eigenvalue weighted by Gasteiger charge is 2.33. The van der Waals surface area contributed by atoms with Gasteiger partial charge in [-0.1, -0.05) is 31.4 Å². The number of rotatable bonds is 9. The number of alkyl halides is 2. The van der Waals surface area contributed by atoms with Crippen molar-refractivity contribution in [2.75, 3.05) is 13.2 Å². The van der Waals surface area contributed by atoms with Gasteiger partial charge in [0.15, 0.2) is 11.5 Å². The van der Waals surface area contributed by atoms with Crippen LogP contribution in [0.4, 0.5) is 8.78 Å². The van der Waals surface area contributed by atoms with Crippen LogP contribution in [0.5, 0.6) is 11.5 Å². The predicted molar refractivity (Wildman–Crippen MR) is 95.3 cm³/mol. The standard InChI is InChI=1S/C19H28F2N2O3/c1-2-25-15-8-6-7-14(17(15)26-18(20)21)12-23-16(24)11-19(13-22)9-4-3-5-10-19/h6-8,18H,2-5,9-13,22H2,1H3,(H,23,24). The van der Waals surface area contributed by atoms with Crippen molar-refractivity contribution in [2.24, 2.45) is 11.1 Å². The van der Waals surface area contributed by atoms with Crippen molar-refractivity contribution >= 4 is 5.91 Å². The maximum atomic E-state index is 12.7. The number of halogens is 2. The van der Waals surface area contributed by atoms with Crippen molar-refractivity contribution < 1.29 is 23.0 Å². The van der Waals surface area contributed by atoms with E-state index in [0.29, 0.717) is 25.1 Å². The van der Waals surface area contributed by atoms with Gasteiger partial charge in [-0.05, 0) is 37.8 Å². The molecule has 1 amide bonds. The molecule has 2 rings (SSSR count). The SMILES string of the molecule is CCOc1cccc(CNC(=O)CC2(CN)CCCCC2)c1OC(F)F. The Balaban J connectivity index is 2.03. The fourth-order valence-corrected chi connectivity index (χ4v) is 3.54. The third kappa shape index (κ3) is 5.56. The predicted octanol–water partition coefficient (Wildman–Crippen LogP) is 3.60. The van der Waals surface area contributed by atoms with Gasteiger partial charge in [-0.3, -0.25) is 4.79 Å². The zero-order valence-electron chi connectivity index (χ0n) is 15.2. The van der Waals surface area contributed by atoms with Gasteiger partial charge in [-0.25, -0.2) is 0 Å². The third-order valence-electron chi connectivity index (χ3n) is 4.93. The fraction of sp³-hybridized carbons (Fsp3) is 0.632. The van der Waals surface area contributed by atoms with E-state index in [-0.39, 0.29) is 29.4 Å². The van der Waals surface area contributed by atoms with E-state index in [1.54, 1.807) is 25.1 Å². The van der Waals surface area contributed by atoms with E-state index in [9.17, 15) is 13.6 Å². The molecule has 7 heteroatoms. The Bertz CT molecular complexity index is 590. The minimum atomic E-state index is -2.96. The Labute approximate surface area is 153 Å². The van der Waals surface area contributed by atoms with E-state index in [1.165, 1.54) is 6.42 Å². The lowest BCUT2D eigenvalue weighted by molar-refractivity contribution is -0.124. The average Bonchev–Trinajstić information content (AvgIpc) is 2.62. The van der Waals surface area contributed by atoms with Crippen LogP contribution in [-0.2, 0) is 11.3 Å². The first-order valence-electron chi connectivity index (χ1n) is 9.16. The zero-order chi connectivity index (χ0) is 19.0. The number of para-hydroxylation sites is 1. The Kier molecular flexibility index (Phi) is 7.63. The molecule has 0 atom stereocenters. The van der Waals surface area contributed by atoms with Gasteiger partial charge in [-0.15, -0.1) is 0 Å². The van der Waals surface area contributed by atoms with Crippen LogP contribution in [0, 0.1) is 5.41 Å². The van der Waals surface area contributed by atoms with Gasteiger partial charge in [0.1, 0.15) is 0 Å². The lowest BCUT2D eigenvalue weighted by Crippen LogP contribution is -2.38. The fourth-order valence-electron chi connectivity index (χ4n) is 3.54. The molecule has 0 bridgehead atoms. The number of nitrogens with two attached hydrogens (primary N) is 1. The number of hydrogen-bond donors (Lipinski definition) is 2. The molecule has 0 radical (unpaired) electrons. The van der Waals surface area contributed by atoms with Gasteiger partial charge >= 0.3 is 6.61 Å². The number of amides is 1. The molecule has 1 fully saturated rings. The van der Waals surface area contributed by atoms with Gasteiger partial charge in [-0.2, -0.15) is 8.78 Å². The van der Waals surface area contributed by atoms with Gasteiger partial charge in [0.2, 0.25) is 5.91 Å². The molecule has 0 saturated heterocycles. The molecular formula is C19H28F2N2O3. The maximum Gasteiger partial charge on any atom is 0.387 e. The highest BCUT2D eigenvalue weighted by molar-refractivity contribution is 5.76. The van der Waals surface area contributed by atoms with Crippen molar-refractivity contribution in [3.05, 3.63) is 23.8 Å². The van der Waals surface area contributed by atoms with Crippen LogP contribution in [0.1, 0.15) is 51.0 Å². The molecule has 0 aliphatic heterocycles. The van der Waals surface area contributed by atoms with Crippen molar-refractivity contribution in [3.8, 4) is 11.5 Å². The minimum absolute atomic E-state index is 0.0316. The van der Waals surface area contributed by atoms with Crippen molar-refractivity contribution in [2.45, 2.75) is 58.6 Å². The summed E-state index contributed by atoms with van der Waals surface area (Å²) in [6.07, 6.45) is 5.63. The molecule has 146 valence electrons. The summed E-state index contributed by atoms with van der Waals surface area (Å²) < 4.78 is 35.5. The van der Waals surface area contributed by atoms with E-state index >= 15 is 0 Å². The summed E-state index contributed by atoms with van der Waals surface area (Å²) in [6.45, 7) is -0.290. The van der Waals surface area contributed by atoms with Crippen LogP contribution in [0.3, 0.4) is 0 Å². The lowest BCUT2D eigenvalue weighted by atomic mass is 9.71. The highest BCUT2D eigenvalue weighted by atomic mass is 19.3. The summed E-state index contributed by atoms with van der Waals surface area (Å²) in [5, 5.41) is 2.81. The molecule has 0 heterocycles. The summed E-state index contributed by atoms with van der Waals surface area (Å²) in [7, 11) is 0. The Morgan fingerprint density at radius 3 is 2.65 bits per heavy atom. The maximum absolute atomic E-state index is 12.7. The number of nitrogens with one attached hydrogen (secondary N) is 1. The van der Waals surface area contributed by atoms with Crippen LogP contribution >= 0.6 is 0 Å². The molecule has 1 aliphatic rings. The molecular weight excluding hydrogens is 342 g/mol. The second kappa shape index (κ2) is 9.71. The molecule has 26 heavy (non-hydrogen) atoms. The first-order valence-corrected chi connectivity index (χ1v) is 9.16. The van der Waals surface area contributed by atoms with Crippen molar-refractivity contribution in [1.29, 1.82) is 0 Å². The molecule has 0 unspecified atom stereocenters. The van der Waals surface area contributed by atoms with Crippen LogP contribution in [0.15, 0.2) is 18.2 Å². The molecule has 1 aliphatic carbocycles. The first-order chi connectivity index (χ1) is 12.5. The Morgan fingerprint density at radius 2 is 2.04 bits per heavy atom. The molecule has 1 saturated carbocycles. The topological polar surface area (TPSA) is 73.6 Å². The zero-order valence-corrected chi connectivity index (χ0v) is 15.2. The second-order valence-corrected chi connectivity index (χ2v) is 6.77. The van der Waals surface area contributed by atoms with Crippen LogP contribution in [0.2, 0.25) is 0 Å². The van der Waals surface area contributed by atoms with Gasteiger partial charge < -0.3 is 20.5 Å². The molecule has 5 nitrogen and oxygen atoms in total. The number of carbonyl (C=O) groups excluding carboxylic acids is 1. The number of benzene rings is 1. The van der Waals surface area contributed by atoms with E-state index in [2.05, 4.69) is 10.1 Å². The monoisotopic (exact) mass is 370 g/mol. The highest BCUT2D eigenvalue weighted by Crippen LogP contribution is 2.38. The van der Waals surface area contributed by atoms with Gasteiger partial charge in [0.25, 0.3) is 0 Å². The van der Waals surface area contributed by atoms with E-state index in [1.807, 2.05) is 0 Å². The second-order valence-electron chi connectivity index (χ2n) is 6.77. The molecule has 1 aromatic carbocycles. The smallest absolute Gasteiger partial charge is 0.387 e. The van der Waals surface area contributed by atoms with Crippen LogP contribution in [-0.4, -0.2) is 25.7 Å². The number of hydrogen-bond acceptors (Lipinski definition) is 4. The largest absolute Gasteiger partial charge is 0.490 e. The molecule has 0 aromatic heterocycles. The summed E-state index contributed by atoms with van der Waals surface area (Å²) >= 11 is 0. The summed E-state index contributed by atoms with van der Waals surface area (Å²) in [5.41, 5.74) is 6.24. The quantitative estimate of drug-likeness (QED) is 0.697. The van der Waals surface area contributed by atoms with Gasteiger partial charge in [0.05, 0.1) is 6.61 Å². The number of carbonyl (C=O) groups is 1. The number of ether oxygens (including phenoxy) is 2. The third-order valence-corrected chi connectivity index (χ3v) is 4.93. The first kappa shape index (κ1) is 20.4. The lowest BCUT2D eigenvalue weighted by Gasteiger charge is -2.35.